The van der Waals surface area contributed by atoms with Crippen molar-refractivity contribution in [1.82, 2.24) is 5.32 Å². The average Bonchev–Trinajstić information content (AvgIpc) is 2.69. The Morgan fingerprint density at radius 3 is 2.50 bits per heavy atom. The Bertz CT molecular complexity index is 378. The van der Waals surface area contributed by atoms with E-state index in [4.69, 9.17) is 18.9 Å². The lowest BCUT2D eigenvalue weighted by molar-refractivity contribution is -0.219. The zero-order chi connectivity index (χ0) is 15.1. The first-order valence-corrected chi connectivity index (χ1v) is 6.73. The molecular weight excluding hydrogens is 266 g/mol. The van der Waals surface area contributed by atoms with E-state index in [0.717, 1.165) is 0 Å². The van der Waals surface area contributed by atoms with Crippen molar-refractivity contribution in [2.75, 3.05) is 6.54 Å². The van der Waals surface area contributed by atoms with Crippen LogP contribution in [0.15, 0.2) is 0 Å². The molecule has 20 heavy (non-hydrogen) atoms. The Morgan fingerprint density at radius 1 is 1.30 bits per heavy atom. The molecule has 0 radical (unpaired) electrons. The van der Waals surface area contributed by atoms with Gasteiger partial charge >= 0.3 is 6.09 Å². The number of ether oxygens (including phenoxy) is 4. The lowest BCUT2D eigenvalue weighted by atomic mass is 10.1. The highest BCUT2D eigenvalue weighted by atomic mass is 16.8. The lowest BCUT2D eigenvalue weighted by Gasteiger charge is -2.24. The van der Waals surface area contributed by atoms with Gasteiger partial charge in [0.1, 0.15) is 23.9 Å². The SMILES string of the molecule is CC(C)(C)OC(=O)NC[C@H]1O[C@@H](O)[C@@H]2OC(C)(C)O[C@@H]21. The van der Waals surface area contributed by atoms with Crippen molar-refractivity contribution in [2.24, 2.45) is 0 Å². The van der Waals surface area contributed by atoms with Crippen molar-refractivity contribution in [2.45, 2.75) is 70.6 Å². The van der Waals surface area contributed by atoms with Crippen LogP contribution in [0.25, 0.3) is 0 Å². The highest BCUT2D eigenvalue weighted by molar-refractivity contribution is 5.67. The van der Waals surface area contributed by atoms with Gasteiger partial charge in [0, 0.05) is 6.54 Å². The highest BCUT2D eigenvalue weighted by Gasteiger charge is 2.54. The zero-order valence-corrected chi connectivity index (χ0v) is 12.5. The molecule has 2 aliphatic heterocycles. The molecular formula is C13H23NO6. The molecule has 0 bridgehead atoms. The lowest BCUT2D eigenvalue weighted by Crippen LogP contribution is -2.41. The van der Waals surface area contributed by atoms with Gasteiger partial charge in [-0.2, -0.15) is 0 Å². The first-order chi connectivity index (χ1) is 9.07. The molecule has 0 aliphatic carbocycles. The Morgan fingerprint density at radius 2 is 1.90 bits per heavy atom. The Hall–Kier alpha value is -0.890. The molecule has 0 aromatic heterocycles. The van der Waals surface area contributed by atoms with Crippen molar-refractivity contribution in [3.05, 3.63) is 0 Å². The van der Waals surface area contributed by atoms with Crippen LogP contribution in [0.5, 0.6) is 0 Å². The molecule has 2 rings (SSSR count). The predicted octanol–water partition coefficient (Wildman–Crippen LogP) is 0.748. The van der Waals surface area contributed by atoms with Crippen LogP contribution in [0, 0.1) is 0 Å². The molecule has 1 amide bonds. The number of hydrogen-bond donors (Lipinski definition) is 2. The van der Waals surface area contributed by atoms with Gasteiger partial charge in [0.15, 0.2) is 12.1 Å². The van der Waals surface area contributed by atoms with E-state index >= 15 is 0 Å². The summed E-state index contributed by atoms with van der Waals surface area (Å²) in [5.74, 6) is -0.760. The predicted molar refractivity (Wildman–Crippen MR) is 68.9 cm³/mol. The van der Waals surface area contributed by atoms with Gasteiger partial charge < -0.3 is 29.4 Å². The second-order valence-electron chi connectivity index (χ2n) is 6.51. The Balaban J connectivity index is 1.87. The Labute approximate surface area is 118 Å². The number of carbonyl (C=O) groups excluding carboxylic acids is 1. The normalized spacial score (nSPS) is 35.7. The van der Waals surface area contributed by atoms with Gasteiger partial charge in [-0.15, -0.1) is 0 Å². The van der Waals surface area contributed by atoms with Crippen LogP contribution in [0.1, 0.15) is 34.6 Å². The largest absolute Gasteiger partial charge is 0.444 e. The summed E-state index contributed by atoms with van der Waals surface area (Å²) in [6, 6.07) is 0. The van der Waals surface area contributed by atoms with Crippen molar-refractivity contribution >= 4 is 6.09 Å². The minimum atomic E-state index is -1.05. The number of aliphatic hydroxyl groups excluding tert-OH is 1. The number of rotatable bonds is 2. The topological polar surface area (TPSA) is 86.3 Å². The molecule has 0 spiro atoms. The highest BCUT2D eigenvalue weighted by Crippen LogP contribution is 2.37. The summed E-state index contributed by atoms with van der Waals surface area (Å²) in [6.45, 7) is 9.10. The van der Waals surface area contributed by atoms with Gasteiger partial charge in [0.2, 0.25) is 0 Å². The standard InChI is InChI=1S/C13H23NO6/c1-12(2,3)20-11(16)14-6-7-8-9(10(15)17-7)19-13(4,5)18-8/h7-10,15H,6H2,1-5H3,(H,14,16)/t7-,8-,9-,10-/m1/s1. The van der Waals surface area contributed by atoms with E-state index in [1.165, 1.54) is 0 Å². The summed E-state index contributed by atoms with van der Waals surface area (Å²) in [5, 5.41) is 12.4. The van der Waals surface area contributed by atoms with Gasteiger partial charge in [-0.3, -0.25) is 0 Å². The van der Waals surface area contributed by atoms with Crippen LogP contribution in [-0.4, -0.2) is 53.7 Å². The minimum Gasteiger partial charge on any atom is -0.444 e. The number of fused-ring (bicyclic) bond motifs is 1. The number of nitrogens with one attached hydrogen (secondary N) is 1. The first-order valence-electron chi connectivity index (χ1n) is 6.73. The molecule has 116 valence electrons. The van der Waals surface area contributed by atoms with Crippen molar-refractivity contribution in [3.63, 3.8) is 0 Å². The quantitative estimate of drug-likeness (QED) is 0.780. The van der Waals surface area contributed by atoms with Crippen molar-refractivity contribution in [1.29, 1.82) is 0 Å². The first kappa shape index (κ1) is 15.5. The Kier molecular flexibility index (Phi) is 3.98. The second kappa shape index (κ2) is 5.14. The maximum absolute atomic E-state index is 11.6. The van der Waals surface area contributed by atoms with E-state index in [9.17, 15) is 9.90 Å². The number of hydrogen-bond acceptors (Lipinski definition) is 6. The number of alkyl carbamates (subject to hydrolysis) is 1. The maximum Gasteiger partial charge on any atom is 0.407 e. The van der Waals surface area contributed by atoms with Crippen LogP contribution in [0.3, 0.4) is 0 Å². The van der Waals surface area contributed by atoms with Crippen LogP contribution in [-0.2, 0) is 18.9 Å². The van der Waals surface area contributed by atoms with E-state index in [1.807, 2.05) is 0 Å². The summed E-state index contributed by atoms with van der Waals surface area (Å²) >= 11 is 0. The van der Waals surface area contributed by atoms with Gasteiger partial charge in [-0.25, -0.2) is 4.79 Å². The fourth-order valence-corrected chi connectivity index (χ4v) is 2.32. The summed E-state index contributed by atoms with van der Waals surface area (Å²) in [7, 11) is 0. The molecule has 4 atom stereocenters. The minimum absolute atomic E-state index is 0.187. The molecule has 0 saturated carbocycles. The van der Waals surface area contributed by atoms with Crippen molar-refractivity contribution in [3.8, 4) is 0 Å². The summed E-state index contributed by atoms with van der Waals surface area (Å²) in [4.78, 5) is 11.6. The molecule has 2 saturated heterocycles. The maximum atomic E-state index is 11.6. The second-order valence-corrected chi connectivity index (χ2v) is 6.51. The summed E-state index contributed by atoms with van der Waals surface area (Å²) in [5.41, 5.74) is -0.558. The third-order valence-electron chi connectivity index (χ3n) is 2.97. The van der Waals surface area contributed by atoms with E-state index in [2.05, 4.69) is 5.32 Å². The van der Waals surface area contributed by atoms with Gasteiger partial charge in [0.25, 0.3) is 0 Å². The monoisotopic (exact) mass is 289 g/mol. The van der Waals surface area contributed by atoms with Crippen molar-refractivity contribution < 1.29 is 28.8 Å². The van der Waals surface area contributed by atoms with E-state index in [-0.39, 0.29) is 6.54 Å². The molecule has 2 fully saturated rings. The number of amides is 1. The molecule has 7 nitrogen and oxygen atoms in total. The van der Waals surface area contributed by atoms with Crippen LogP contribution < -0.4 is 5.32 Å². The molecule has 0 unspecified atom stereocenters. The van der Waals surface area contributed by atoms with E-state index in [1.54, 1.807) is 34.6 Å². The molecule has 2 heterocycles. The van der Waals surface area contributed by atoms with Crippen LogP contribution in [0.2, 0.25) is 0 Å². The third-order valence-corrected chi connectivity index (χ3v) is 2.97. The third kappa shape index (κ3) is 3.60. The fraction of sp³-hybridized carbons (Fsp3) is 0.923. The van der Waals surface area contributed by atoms with Gasteiger partial charge in [0.05, 0.1) is 0 Å². The van der Waals surface area contributed by atoms with E-state index < -0.39 is 42.1 Å². The van der Waals surface area contributed by atoms with Gasteiger partial charge in [-0.05, 0) is 34.6 Å². The van der Waals surface area contributed by atoms with Crippen LogP contribution in [0.4, 0.5) is 4.79 Å². The smallest absolute Gasteiger partial charge is 0.407 e. The summed E-state index contributed by atoms with van der Waals surface area (Å²) in [6.07, 6.45) is -2.99. The summed E-state index contributed by atoms with van der Waals surface area (Å²) < 4.78 is 21.7. The molecule has 7 heteroatoms. The van der Waals surface area contributed by atoms with E-state index in [0.29, 0.717) is 0 Å². The van der Waals surface area contributed by atoms with Crippen LogP contribution >= 0.6 is 0 Å². The molecule has 0 aromatic rings. The number of aliphatic hydroxyl groups is 1. The molecule has 2 N–H and O–H groups in total. The fourth-order valence-electron chi connectivity index (χ4n) is 2.32. The number of carbonyl (C=O) groups is 1. The molecule has 0 aromatic carbocycles. The molecule has 2 aliphatic rings. The zero-order valence-electron chi connectivity index (χ0n) is 12.5. The van der Waals surface area contributed by atoms with Gasteiger partial charge in [-0.1, -0.05) is 0 Å². The average molecular weight is 289 g/mol.